The number of carbonyl (C=O) groups excluding carboxylic acids is 2. The number of anilines is 1. The van der Waals surface area contributed by atoms with Crippen LogP contribution in [-0.4, -0.2) is 21.1 Å². The van der Waals surface area contributed by atoms with E-state index in [1.165, 1.54) is 0 Å². The molecule has 0 spiro atoms. The fraction of sp³-hybridized carbons (Fsp3) is 0.333. The lowest BCUT2D eigenvalue weighted by molar-refractivity contribution is -0.132. The first-order valence-corrected chi connectivity index (χ1v) is 5.92. The van der Waals surface area contributed by atoms with Gasteiger partial charge in [-0.25, -0.2) is 4.98 Å². The molecule has 1 heterocycles. The van der Waals surface area contributed by atoms with E-state index in [2.05, 4.69) is 4.98 Å². The lowest BCUT2D eigenvalue weighted by Gasteiger charge is -2.24. The van der Waals surface area contributed by atoms with E-state index in [1.54, 1.807) is 0 Å². The van der Waals surface area contributed by atoms with Crippen LogP contribution >= 0.6 is 0 Å². The van der Waals surface area contributed by atoms with E-state index in [9.17, 15) is 14.4 Å². The van der Waals surface area contributed by atoms with E-state index in [1.807, 2.05) is 0 Å². The van der Waals surface area contributed by atoms with E-state index in [0.717, 1.165) is 6.07 Å². The number of aromatic nitrogens is 2. The molecule has 2 unspecified atom stereocenters. The highest BCUT2D eigenvalue weighted by Gasteiger charge is 2.30. The van der Waals surface area contributed by atoms with Crippen molar-refractivity contribution in [2.45, 2.75) is 32.1 Å². The van der Waals surface area contributed by atoms with Gasteiger partial charge in [0.05, 0.1) is 27.5 Å². The number of aryl methyl sites for hydroxylation is 1. The average Bonchev–Trinajstić information content (AvgIpc) is 2.62. The molecule has 21 heavy (non-hydrogen) atoms. The second-order valence-electron chi connectivity index (χ2n) is 4.40. The molecule has 1 fully saturated rings. The lowest BCUT2D eigenvalue weighted by atomic mass is 9.92. The standard InChI is InChI=1S/C15H15N3O3/c1-8-17-11-4-2-3-10(16)14(11)15(21)18(8)12-6-5-9(19)7-13(12)20/h2-4,12H,5-7,16H2,1H3/i1D2,2D,4D,5D2,6D,12D. The van der Waals surface area contributed by atoms with Gasteiger partial charge in [-0.15, -0.1) is 0 Å². The molecule has 6 nitrogen and oxygen atoms in total. The van der Waals surface area contributed by atoms with Crippen molar-refractivity contribution in [2.75, 3.05) is 5.73 Å². The van der Waals surface area contributed by atoms with E-state index in [-0.39, 0.29) is 16.3 Å². The topological polar surface area (TPSA) is 95.0 Å². The number of benzene rings is 1. The molecule has 0 radical (unpaired) electrons. The van der Waals surface area contributed by atoms with Crippen LogP contribution in [0.2, 0.25) is 0 Å². The van der Waals surface area contributed by atoms with Gasteiger partial charge in [-0.2, -0.15) is 0 Å². The first kappa shape index (κ1) is 6.98. The van der Waals surface area contributed by atoms with Gasteiger partial charge in [0.25, 0.3) is 5.56 Å². The Labute approximate surface area is 131 Å². The molecule has 2 atom stereocenters. The molecule has 108 valence electrons. The SMILES string of the molecule is [2H]c1cc(N)c2c(=O)n(C3([2H])C(=O)CC(=O)C([2H])([2H])C3[2H])c(C([2H])[2H])nc2c1[2H]. The molecule has 1 saturated carbocycles. The summed E-state index contributed by atoms with van der Waals surface area (Å²) < 4.78 is 63.4. The number of hydrogen-bond acceptors (Lipinski definition) is 5. The summed E-state index contributed by atoms with van der Waals surface area (Å²) >= 11 is 0. The number of carbonyl (C=O) groups is 2. The van der Waals surface area contributed by atoms with Crippen molar-refractivity contribution in [1.82, 2.24) is 9.55 Å². The summed E-state index contributed by atoms with van der Waals surface area (Å²) in [5.74, 6) is -3.27. The molecule has 3 rings (SSSR count). The summed E-state index contributed by atoms with van der Waals surface area (Å²) in [6.45, 7) is -2.06. The number of ketones is 2. The Bertz CT molecular complexity index is 1130. The predicted molar refractivity (Wildman–Crippen MR) is 78.1 cm³/mol. The molecule has 6 heteroatoms. The monoisotopic (exact) mass is 293 g/mol. The van der Waals surface area contributed by atoms with Gasteiger partial charge >= 0.3 is 0 Å². The molecule has 1 aliphatic carbocycles. The molecule has 0 aliphatic heterocycles. The van der Waals surface area contributed by atoms with Crippen molar-refractivity contribution in [3.05, 3.63) is 34.3 Å². The van der Waals surface area contributed by atoms with Crippen LogP contribution in [0.4, 0.5) is 5.69 Å². The Kier molecular flexibility index (Phi) is 1.59. The molecule has 1 aliphatic rings. The van der Waals surface area contributed by atoms with Gasteiger partial charge < -0.3 is 5.73 Å². The average molecular weight is 293 g/mol. The summed E-state index contributed by atoms with van der Waals surface area (Å²) in [4.78, 5) is 41.5. The van der Waals surface area contributed by atoms with Crippen LogP contribution in [0.1, 0.15) is 42.0 Å². The van der Waals surface area contributed by atoms with Gasteiger partial charge in [-0.3, -0.25) is 19.0 Å². The lowest BCUT2D eigenvalue weighted by Crippen LogP contribution is -2.36. The quantitative estimate of drug-likeness (QED) is 0.628. The number of nitrogens with two attached hydrogens (primary N) is 1. The summed E-state index contributed by atoms with van der Waals surface area (Å²) in [5, 5.41) is -0.459. The Morgan fingerprint density at radius 1 is 1.57 bits per heavy atom. The predicted octanol–water partition coefficient (Wildman–Crippen LogP) is 1.15. The second-order valence-corrected chi connectivity index (χ2v) is 4.40. The Balaban J connectivity index is 2.51. The third-order valence-corrected chi connectivity index (χ3v) is 3.03. The largest absolute Gasteiger partial charge is 0.398 e. The summed E-state index contributed by atoms with van der Waals surface area (Å²) in [6, 6.07) is -2.91. The highest BCUT2D eigenvalue weighted by molar-refractivity contribution is 6.03. The zero-order chi connectivity index (χ0) is 22.0. The van der Waals surface area contributed by atoms with E-state index in [4.69, 9.17) is 16.7 Å². The van der Waals surface area contributed by atoms with Gasteiger partial charge in [0.1, 0.15) is 11.6 Å². The number of fused-ring (bicyclic) bond motifs is 1. The summed E-state index contributed by atoms with van der Waals surface area (Å²) in [7, 11) is 0. The van der Waals surface area contributed by atoms with Crippen LogP contribution in [0.25, 0.3) is 10.9 Å². The molecule has 0 bridgehead atoms. The normalized spacial score (nSPS) is 34.2. The van der Waals surface area contributed by atoms with Gasteiger partial charge in [0.15, 0.2) is 5.78 Å². The number of Topliss-reactive ketones (excluding diaryl/α,β-unsaturated/α-hetero) is 2. The maximum atomic E-state index is 13.2. The van der Waals surface area contributed by atoms with Crippen LogP contribution in [0.15, 0.2) is 22.9 Å². The number of rotatable bonds is 1. The van der Waals surface area contributed by atoms with E-state index >= 15 is 0 Å². The molecular formula is C15H15N3O3. The van der Waals surface area contributed by atoms with Crippen LogP contribution in [0, 0.1) is 6.88 Å². The molecule has 1 aromatic heterocycles. The Morgan fingerprint density at radius 2 is 2.38 bits per heavy atom. The van der Waals surface area contributed by atoms with E-state index < -0.39 is 72.0 Å². The first-order valence-electron chi connectivity index (χ1n) is 10.2. The summed E-state index contributed by atoms with van der Waals surface area (Å²) in [5.41, 5.74) is 3.82. The molecule has 2 N–H and O–H groups in total. The maximum Gasteiger partial charge on any atom is 0.264 e. The van der Waals surface area contributed by atoms with Crippen LogP contribution in [0.5, 0.6) is 0 Å². The van der Waals surface area contributed by atoms with E-state index in [0.29, 0.717) is 0 Å². The zero-order valence-corrected chi connectivity index (χ0v) is 10.6. The smallest absolute Gasteiger partial charge is 0.264 e. The van der Waals surface area contributed by atoms with Gasteiger partial charge in [0, 0.05) is 18.9 Å². The fourth-order valence-corrected chi connectivity index (χ4v) is 2.08. The molecule has 1 aromatic carbocycles. The molecule has 2 aromatic rings. The maximum absolute atomic E-state index is 13.2. The number of nitrogens with zero attached hydrogens (tertiary/aromatic N) is 2. The van der Waals surface area contributed by atoms with Crippen molar-refractivity contribution in [1.29, 1.82) is 0 Å². The van der Waals surface area contributed by atoms with Crippen LogP contribution in [0.3, 0.4) is 0 Å². The molecule has 0 amide bonds. The third-order valence-electron chi connectivity index (χ3n) is 3.03. The highest BCUT2D eigenvalue weighted by Crippen LogP contribution is 2.24. The van der Waals surface area contributed by atoms with Gasteiger partial charge in [0.2, 0.25) is 0 Å². The van der Waals surface area contributed by atoms with Gasteiger partial charge in [-0.1, -0.05) is 6.04 Å². The van der Waals surface area contributed by atoms with Crippen LogP contribution in [-0.2, 0) is 9.59 Å². The Hall–Kier alpha value is -2.50. The minimum atomic E-state index is -2.99. The number of nitrogen functional groups attached to an aromatic ring is 1. The van der Waals surface area contributed by atoms with Crippen molar-refractivity contribution in [3.63, 3.8) is 0 Å². The van der Waals surface area contributed by atoms with Crippen molar-refractivity contribution in [3.8, 4) is 0 Å². The van der Waals surface area contributed by atoms with Crippen molar-refractivity contribution in [2.24, 2.45) is 0 Å². The van der Waals surface area contributed by atoms with Crippen LogP contribution < -0.4 is 11.3 Å². The number of hydrogen-bond donors (Lipinski definition) is 1. The zero-order valence-electron chi connectivity index (χ0n) is 18.6. The minimum Gasteiger partial charge on any atom is -0.398 e. The summed E-state index contributed by atoms with van der Waals surface area (Å²) in [6.07, 6.45) is -6.38. The Morgan fingerprint density at radius 3 is 3.14 bits per heavy atom. The second kappa shape index (κ2) is 4.80. The highest BCUT2D eigenvalue weighted by atomic mass is 16.2. The van der Waals surface area contributed by atoms with Gasteiger partial charge in [-0.05, 0) is 25.4 Å². The van der Waals surface area contributed by atoms with Crippen molar-refractivity contribution < 1.29 is 20.6 Å². The fourth-order valence-electron chi connectivity index (χ4n) is 2.08. The third kappa shape index (κ3) is 2.12. The molecule has 0 saturated heterocycles. The van der Waals surface area contributed by atoms with Crippen molar-refractivity contribution >= 4 is 28.2 Å². The first-order chi connectivity index (χ1) is 13.3. The minimum absolute atomic E-state index is 0.254. The molecular weight excluding hydrogens is 270 g/mol.